The highest BCUT2D eigenvalue weighted by Gasteiger charge is 2.43. The molecule has 0 aromatic heterocycles. The van der Waals surface area contributed by atoms with Crippen LogP contribution in [0.4, 0.5) is 11.4 Å². The number of hydrogen-bond donors (Lipinski definition) is 0. The van der Waals surface area contributed by atoms with E-state index in [4.69, 9.17) is 16.6 Å². The molecular formula is C19H19ClN2. The van der Waals surface area contributed by atoms with Crippen LogP contribution in [0.1, 0.15) is 44.4 Å². The zero-order chi connectivity index (χ0) is 15.7. The maximum atomic E-state index is 6.60. The van der Waals surface area contributed by atoms with Gasteiger partial charge in [0.1, 0.15) is 0 Å². The summed E-state index contributed by atoms with van der Waals surface area (Å²) in [4.78, 5) is 6.85. The van der Waals surface area contributed by atoms with Crippen molar-refractivity contribution >= 4 is 28.3 Å². The smallest absolute Gasteiger partial charge is 0.204 e. The van der Waals surface area contributed by atoms with Gasteiger partial charge in [-0.25, -0.2) is 4.99 Å². The van der Waals surface area contributed by atoms with Crippen LogP contribution in [0.5, 0.6) is 0 Å². The fourth-order valence-electron chi connectivity index (χ4n) is 3.78. The Morgan fingerprint density at radius 1 is 0.864 bits per heavy atom. The lowest BCUT2D eigenvalue weighted by Crippen LogP contribution is -2.40. The lowest BCUT2D eigenvalue weighted by Gasteiger charge is -2.46. The molecule has 2 aromatic carbocycles. The first kappa shape index (κ1) is 13.8. The third-order valence-corrected chi connectivity index (χ3v) is 5.22. The molecule has 0 aliphatic carbocycles. The second kappa shape index (κ2) is 4.14. The van der Waals surface area contributed by atoms with Gasteiger partial charge in [-0.15, -0.1) is 0 Å². The minimum Gasteiger partial charge on any atom is -0.285 e. The average molecular weight is 311 g/mol. The van der Waals surface area contributed by atoms with Crippen molar-refractivity contribution in [3.05, 3.63) is 59.2 Å². The highest BCUT2D eigenvalue weighted by Crippen LogP contribution is 2.54. The molecule has 4 rings (SSSR count). The van der Waals surface area contributed by atoms with Crippen LogP contribution in [0.25, 0.3) is 0 Å². The monoisotopic (exact) mass is 310 g/mol. The van der Waals surface area contributed by atoms with E-state index in [9.17, 15) is 0 Å². The number of amidine groups is 1. The number of halogens is 1. The molecular weight excluding hydrogens is 292 g/mol. The predicted octanol–water partition coefficient (Wildman–Crippen LogP) is 5.31. The normalized spacial score (nSPS) is 20.0. The third-order valence-electron chi connectivity index (χ3n) is 4.97. The van der Waals surface area contributed by atoms with Crippen LogP contribution in [-0.4, -0.2) is 5.29 Å². The van der Waals surface area contributed by atoms with E-state index in [0.717, 1.165) is 5.69 Å². The predicted molar refractivity (Wildman–Crippen MR) is 93.5 cm³/mol. The standard InChI is InChI=1S/C19H19ClN2/c1-18(2)12-8-5-6-11-15(12)22-16-13(18)9-7-10-14(16)19(3,4)21-17(22)20/h5-11H,1-4H3. The molecule has 3 heteroatoms. The van der Waals surface area contributed by atoms with Crippen molar-refractivity contribution in [1.29, 1.82) is 0 Å². The van der Waals surface area contributed by atoms with Crippen LogP contribution < -0.4 is 4.90 Å². The molecule has 0 N–H and O–H groups in total. The van der Waals surface area contributed by atoms with Crippen LogP contribution in [0.3, 0.4) is 0 Å². The van der Waals surface area contributed by atoms with Gasteiger partial charge >= 0.3 is 0 Å². The number of para-hydroxylation sites is 2. The molecule has 0 unspecified atom stereocenters. The molecule has 0 saturated heterocycles. The Labute approximate surface area is 136 Å². The number of aliphatic imine (C=N–C) groups is 1. The van der Waals surface area contributed by atoms with Gasteiger partial charge in [0.05, 0.1) is 16.9 Å². The Kier molecular flexibility index (Phi) is 2.60. The third kappa shape index (κ3) is 1.59. The van der Waals surface area contributed by atoms with Gasteiger partial charge in [-0.05, 0) is 42.6 Å². The maximum Gasteiger partial charge on any atom is 0.204 e. The summed E-state index contributed by atoms with van der Waals surface area (Å²) in [5, 5.41) is 0.549. The van der Waals surface area contributed by atoms with Crippen LogP contribution >= 0.6 is 11.6 Å². The Morgan fingerprint density at radius 2 is 1.50 bits per heavy atom. The fraction of sp³-hybridized carbons (Fsp3) is 0.316. The average Bonchev–Trinajstić information content (AvgIpc) is 2.46. The van der Waals surface area contributed by atoms with E-state index in [0.29, 0.717) is 5.29 Å². The zero-order valence-corrected chi connectivity index (χ0v) is 14.1. The van der Waals surface area contributed by atoms with Crippen LogP contribution in [0.2, 0.25) is 0 Å². The van der Waals surface area contributed by atoms with Crippen LogP contribution in [-0.2, 0) is 11.0 Å². The summed E-state index contributed by atoms with van der Waals surface area (Å²) in [6, 6.07) is 15.0. The largest absolute Gasteiger partial charge is 0.285 e. The summed E-state index contributed by atoms with van der Waals surface area (Å²) in [6.45, 7) is 8.81. The molecule has 112 valence electrons. The summed E-state index contributed by atoms with van der Waals surface area (Å²) < 4.78 is 0. The SMILES string of the molecule is CC1(C)N=C(Cl)N2c3ccccc3C(C)(C)c3cccc1c32. The first-order chi connectivity index (χ1) is 10.3. The lowest BCUT2D eigenvalue weighted by atomic mass is 9.71. The molecule has 2 aliphatic rings. The molecule has 2 nitrogen and oxygen atoms in total. The summed E-state index contributed by atoms with van der Waals surface area (Å²) in [6.07, 6.45) is 0. The van der Waals surface area contributed by atoms with Crippen molar-refractivity contribution in [2.75, 3.05) is 4.90 Å². The van der Waals surface area contributed by atoms with Gasteiger partial charge in [0.25, 0.3) is 0 Å². The van der Waals surface area contributed by atoms with Crippen molar-refractivity contribution in [2.24, 2.45) is 4.99 Å². The van der Waals surface area contributed by atoms with Crippen molar-refractivity contribution < 1.29 is 0 Å². The maximum absolute atomic E-state index is 6.60. The zero-order valence-electron chi connectivity index (χ0n) is 13.3. The molecule has 0 saturated carbocycles. The number of benzene rings is 2. The molecule has 0 fully saturated rings. The summed E-state index contributed by atoms with van der Waals surface area (Å²) in [7, 11) is 0. The second-order valence-electron chi connectivity index (χ2n) is 7.12. The van der Waals surface area contributed by atoms with E-state index < -0.39 is 0 Å². The first-order valence-electron chi connectivity index (χ1n) is 7.63. The molecule has 0 amide bonds. The molecule has 2 aliphatic heterocycles. The van der Waals surface area contributed by atoms with Crippen molar-refractivity contribution in [3.63, 3.8) is 0 Å². The summed E-state index contributed by atoms with van der Waals surface area (Å²) in [5.41, 5.74) is 5.81. The van der Waals surface area contributed by atoms with Crippen LogP contribution in [0, 0.1) is 0 Å². The Balaban J connectivity index is 2.15. The summed E-state index contributed by atoms with van der Waals surface area (Å²) >= 11 is 6.60. The van der Waals surface area contributed by atoms with E-state index in [1.807, 2.05) is 0 Å². The highest BCUT2D eigenvalue weighted by atomic mass is 35.5. The van der Waals surface area contributed by atoms with Gasteiger partial charge in [0.15, 0.2) is 0 Å². The molecule has 0 bridgehead atoms. The van der Waals surface area contributed by atoms with Crippen molar-refractivity contribution in [2.45, 2.75) is 38.6 Å². The number of nitrogens with zero attached hydrogens (tertiary/aromatic N) is 2. The lowest BCUT2D eigenvalue weighted by molar-refractivity contribution is 0.543. The van der Waals surface area contributed by atoms with Crippen molar-refractivity contribution in [1.82, 2.24) is 0 Å². The number of hydrogen-bond acceptors (Lipinski definition) is 2. The number of anilines is 2. The molecule has 22 heavy (non-hydrogen) atoms. The second-order valence-corrected chi connectivity index (χ2v) is 7.46. The Bertz CT molecular complexity index is 818. The fourth-order valence-corrected chi connectivity index (χ4v) is 4.16. The van der Waals surface area contributed by atoms with Gasteiger partial charge in [0.2, 0.25) is 5.29 Å². The van der Waals surface area contributed by atoms with E-state index >= 15 is 0 Å². The first-order valence-corrected chi connectivity index (χ1v) is 8.01. The molecule has 2 heterocycles. The van der Waals surface area contributed by atoms with Crippen molar-refractivity contribution in [3.8, 4) is 0 Å². The van der Waals surface area contributed by atoms with Gasteiger partial charge in [-0.2, -0.15) is 0 Å². The molecule has 0 atom stereocenters. The minimum absolute atomic E-state index is 0.0526. The Hall–Kier alpha value is -1.80. The number of rotatable bonds is 0. The molecule has 0 radical (unpaired) electrons. The topological polar surface area (TPSA) is 15.6 Å². The van der Waals surface area contributed by atoms with E-state index in [1.165, 1.54) is 22.4 Å². The van der Waals surface area contributed by atoms with Gasteiger partial charge in [-0.1, -0.05) is 50.2 Å². The van der Waals surface area contributed by atoms with E-state index in [2.05, 4.69) is 75.1 Å². The Morgan fingerprint density at radius 3 is 2.27 bits per heavy atom. The highest BCUT2D eigenvalue weighted by molar-refractivity contribution is 6.69. The van der Waals surface area contributed by atoms with Crippen LogP contribution in [0.15, 0.2) is 47.5 Å². The van der Waals surface area contributed by atoms with E-state index in [-0.39, 0.29) is 11.0 Å². The van der Waals surface area contributed by atoms with Gasteiger partial charge in [0, 0.05) is 11.0 Å². The quantitative estimate of drug-likeness (QED) is 0.602. The molecule has 0 spiro atoms. The van der Waals surface area contributed by atoms with E-state index in [1.54, 1.807) is 0 Å². The summed E-state index contributed by atoms with van der Waals surface area (Å²) in [5.74, 6) is 0. The number of fused-ring (bicyclic) bond motifs is 2. The molecule has 2 aromatic rings. The minimum atomic E-state index is -0.304. The van der Waals surface area contributed by atoms with Gasteiger partial charge in [-0.3, -0.25) is 4.90 Å². The van der Waals surface area contributed by atoms with Gasteiger partial charge < -0.3 is 0 Å².